The van der Waals surface area contributed by atoms with Gasteiger partial charge in [-0.25, -0.2) is 14.6 Å². The normalized spacial score (nSPS) is 14.1. The minimum absolute atomic E-state index is 0.196. The Balaban J connectivity index is 4.00. The zero-order valence-corrected chi connectivity index (χ0v) is 14.8. The van der Waals surface area contributed by atoms with E-state index in [0.29, 0.717) is 6.04 Å². The molecule has 0 radical (unpaired) electrons. The van der Waals surface area contributed by atoms with Gasteiger partial charge >= 0.3 is 14.7 Å². The first-order chi connectivity index (χ1) is 9.22. The van der Waals surface area contributed by atoms with Gasteiger partial charge in [-0.1, -0.05) is 0 Å². The maximum Gasteiger partial charge on any atom is 0.407 e. The molecule has 20 heavy (non-hydrogen) atoms. The van der Waals surface area contributed by atoms with E-state index >= 15 is 0 Å². The number of aliphatic imine (C=N–C) groups is 1. The van der Waals surface area contributed by atoms with Crippen LogP contribution < -0.4 is 5.32 Å². The SMILES string of the molecule is CO[Si](C)(CCOC(=O)NCCN=C=O)O[Si](C)(C)C. The largest absolute Gasteiger partial charge is 0.450 e. The summed E-state index contributed by atoms with van der Waals surface area (Å²) in [6, 6.07) is 0.577. The van der Waals surface area contributed by atoms with Gasteiger partial charge < -0.3 is 18.6 Å². The van der Waals surface area contributed by atoms with E-state index in [0.717, 1.165) is 0 Å². The van der Waals surface area contributed by atoms with Crippen LogP contribution in [-0.2, 0) is 18.1 Å². The predicted octanol–water partition coefficient (Wildman–Crippen LogP) is 1.62. The zero-order chi connectivity index (χ0) is 15.6. The summed E-state index contributed by atoms with van der Waals surface area (Å²) in [7, 11) is -2.34. The number of amides is 1. The summed E-state index contributed by atoms with van der Waals surface area (Å²) < 4.78 is 16.6. The molecule has 0 heterocycles. The molecule has 1 amide bonds. The van der Waals surface area contributed by atoms with Gasteiger partial charge in [-0.2, -0.15) is 0 Å². The first-order valence-corrected chi connectivity index (χ1v) is 12.4. The van der Waals surface area contributed by atoms with E-state index in [-0.39, 0.29) is 19.7 Å². The summed E-state index contributed by atoms with van der Waals surface area (Å²) in [5, 5.41) is 2.48. The van der Waals surface area contributed by atoms with E-state index in [4.69, 9.17) is 13.3 Å². The highest BCUT2D eigenvalue weighted by atomic mass is 28.4. The highest BCUT2D eigenvalue weighted by Crippen LogP contribution is 2.18. The number of rotatable bonds is 9. The number of hydrogen-bond donors (Lipinski definition) is 1. The average molecular weight is 320 g/mol. The Labute approximate surface area is 122 Å². The molecule has 0 bridgehead atoms. The van der Waals surface area contributed by atoms with Gasteiger partial charge in [0.2, 0.25) is 6.08 Å². The Kier molecular flexibility index (Phi) is 8.58. The van der Waals surface area contributed by atoms with E-state index in [9.17, 15) is 9.59 Å². The van der Waals surface area contributed by atoms with Crippen LogP contribution in [0.4, 0.5) is 4.79 Å². The molecule has 0 aliphatic rings. The van der Waals surface area contributed by atoms with Crippen molar-refractivity contribution < 1.29 is 22.9 Å². The minimum atomic E-state index is -2.28. The lowest BCUT2D eigenvalue weighted by molar-refractivity contribution is 0.149. The summed E-state index contributed by atoms with van der Waals surface area (Å²) in [6.07, 6.45) is 0.857. The molecular formula is C11H24N2O5Si2. The first-order valence-electron chi connectivity index (χ1n) is 6.42. The summed E-state index contributed by atoms with van der Waals surface area (Å²) in [6.45, 7) is 8.94. The topological polar surface area (TPSA) is 86.2 Å². The molecule has 1 atom stereocenters. The molecule has 1 N–H and O–H groups in total. The van der Waals surface area contributed by atoms with Crippen LogP contribution >= 0.6 is 0 Å². The number of nitrogens with one attached hydrogen (secondary N) is 1. The lowest BCUT2D eigenvalue weighted by atomic mass is 10.6. The summed E-state index contributed by atoms with van der Waals surface area (Å²) >= 11 is 0. The molecule has 1 unspecified atom stereocenters. The summed E-state index contributed by atoms with van der Waals surface area (Å²) in [4.78, 5) is 24.5. The Morgan fingerprint density at radius 3 is 2.45 bits per heavy atom. The molecule has 0 fully saturated rings. The van der Waals surface area contributed by atoms with E-state index in [1.165, 1.54) is 6.08 Å². The van der Waals surface area contributed by atoms with E-state index < -0.39 is 23.0 Å². The van der Waals surface area contributed by atoms with Gasteiger partial charge in [0.15, 0.2) is 8.32 Å². The number of ether oxygens (including phenoxy) is 1. The molecule has 0 aromatic heterocycles. The summed E-state index contributed by atoms with van der Waals surface area (Å²) in [5.74, 6) is 0. The molecule has 0 spiro atoms. The van der Waals surface area contributed by atoms with Gasteiger partial charge in [-0.05, 0) is 26.2 Å². The maximum absolute atomic E-state index is 11.3. The molecule has 9 heteroatoms. The van der Waals surface area contributed by atoms with Gasteiger partial charge in [0.05, 0.1) is 13.2 Å². The number of alkyl carbamates (subject to hydrolysis) is 1. The maximum atomic E-state index is 11.3. The van der Waals surface area contributed by atoms with E-state index in [1.807, 2.05) is 6.55 Å². The molecular weight excluding hydrogens is 296 g/mol. The number of carbonyl (C=O) groups excluding carboxylic acids is 2. The Morgan fingerprint density at radius 1 is 1.30 bits per heavy atom. The van der Waals surface area contributed by atoms with Gasteiger partial charge in [0.25, 0.3) is 0 Å². The minimum Gasteiger partial charge on any atom is -0.450 e. The van der Waals surface area contributed by atoms with Gasteiger partial charge in [0.1, 0.15) is 0 Å². The fraction of sp³-hybridized carbons (Fsp3) is 0.818. The molecule has 116 valence electrons. The Bertz CT molecular complexity index is 355. The lowest BCUT2D eigenvalue weighted by Gasteiger charge is -2.32. The van der Waals surface area contributed by atoms with Gasteiger partial charge in [-0.15, -0.1) is 0 Å². The second kappa shape index (κ2) is 9.03. The van der Waals surface area contributed by atoms with Crippen molar-refractivity contribution in [2.45, 2.75) is 32.2 Å². The van der Waals surface area contributed by atoms with Crippen molar-refractivity contribution in [3.63, 3.8) is 0 Å². The zero-order valence-electron chi connectivity index (χ0n) is 12.8. The summed E-state index contributed by atoms with van der Waals surface area (Å²) in [5.41, 5.74) is 0. The van der Waals surface area contributed by atoms with Crippen molar-refractivity contribution in [3.8, 4) is 0 Å². The van der Waals surface area contributed by atoms with E-state index in [2.05, 4.69) is 30.0 Å². The molecule has 0 aliphatic carbocycles. The Morgan fingerprint density at radius 2 is 1.95 bits per heavy atom. The quantitative estimate of drug-likeness (QED) is 0.302. The van der Waals surface area contributed by atoms with Gasteiger partial charge in [0, 0.05) is 19.7 Å². The number of carbonyl (C=O) groups is 1. The van der Waals surface area contributed by atoms with Crippen LogP contribution in [0.15, 0.2) is 4.99 Å². The molecule has 0 aromatic carbocycles. The highest BCUT2D eigenvalue weighted by molar-refractivity contribution is 6.81. The molecule has 0 saturated heterocycles. The predicted molar refractivity (Wildman–Crippen MR) is 80.2 cm³/mol. The van der Waals surface area contributed by atoms with Crippen LogP contribution in [0.2, 0.25) is 32.2 Å². The standard InChI is InChI=1S/C11H24N2O5Si2/c1-16-20(5,18-19(2,3)4)9-8-17-11(15)13-7-6-12-10-14/h6-9H2,1-5H3,(H,13,15). The number of hydrogen-bond acceptors (Lipinski definition) is 6. The smallest absolute Gasteiger partial charge is 0.407 e. The van der Waals surface area contributed by atoms with Crippen LogP contribution in [0.3, 0.4) is 0 Å². The van der Waals surface area contributed by atoms with Crippen molar-refractivity contribution in [3.05, 3.63) is 0 Å². The van der Waals surface area contributed by atoms with Crippen molar-refractivity contribution in [2.75, 3.05) is 26.8 Å². The fourth-order valence-electron chi connectivity index (χ4n) is 1.48. The molecule has 0 saturated carbocycles. The Hall–Kier alpha value is -0.996. The van der Waals surface area contributed by atoms with Crippen molar-refractivity contribution in [2.24, 2.45) is 4.99 Å². The van der Waals surface area contributed by atoms with Crippen LogP contribution in [-0.4, -0.2) is 55.9 Å². The monoisotopic (exact) mass is 320 g/mol. The van der Waals surface area contributed by atoms with Crippen LogP contribution in [0.1, 0.15) is 0 Å². The van der Waals surface area contributed by atoms with Crippen molar-refractivity contribution in [1.82, 2.24) is 5.32 Å². The van der Waals surface area contributed by atoms with Crippen molar-refractivity contribution in [1.29, 1.82) is 0 Å². The third kappa shape index (κ3) is 9.87. The second-order valence-corrected chi connectivity index (χ2v) is 13.6. The highest BCUT2D eigenvalue weighted by Gasteiger charge is 2.35. The van der Waals surface area contributed by atoms with Crippen LogP contribution in [0, 0.1) is 0 Å². The molecule has 0 aromatic rings. The lowest BCUT2D eigenvalue weighted by Crippen LogP contribution is -2.47. The molecule has 0 rings (SSSR count). The number of isocyanates is 1. The van der Waals surface area contributed by atoms with E-state index in [1.54, 1.807) is 7.11 Å². The van der Waals surface area contributed by atoms with Crippen LogP contribution in [0.25, 0.3) is 0 Å². The number of nitrogens with zero attached hydrogens (tertiary/aromatic N) is 1. The average Bonchev–Trinajstić information content (AvgIpc) is 2.32. The van der Waals surface area contributed by atoms with Crippen molar-refractivity contribution >= 4 is 29.1 Å². The second-order valence-electron chi connectivity index (χ2n) is 5.34. The third-order valence-electron chi connectivity index (χ3n) is 2.30. The van der Waals surface area contributed by atoms with Crippen LogP contribution in [0.5, 0.6) is 0 Å². The van der Waals surface area contributed by atoms with Gasteiger partial charge in [-0.3, -0.25) is 0 Å². The fourth-order valence-corrected chi connectivity index (χ4v) is 8.08. The molecule has 7 nitrogen and oxygen atoms in total. The third-order valence-corrected chi connectivity index (χ3v) is 8.45. The molecule has 0 aliphatic heterocycles. The first kappa shape index (κ1) is 19.0.